The zero-order valence-corrected chi connectivity index (χ0v) is 9.71. The zero-order chi connectivity index (χ0) is 7.82. The van der Waals surface area contributed by atoms with Crippen LogP contribution in [0, 0.1) is 0 Å². The summed E-state index contributed by atoms with van der Waals surface area (Å²) < 4.78 is 0. The molecule has 0 fully saturated rings. The topological polar surface area (TPSA) is 63.9 Å². The Morgan fingerprint density at radius 1 is 0.615 bits per heavy atom. The molecule has 86 valence electrons. The lowest BCUT2D eigenvalue weighted by atomic mass is 10.4. The van der Waals surface area contributed by atoms with Crippen LogP contribution in [-0.4, -0.2) is 59.7 Å². The smallest absolute Gasteiger partial charge is 0.0558 e. The van der Waals surface area contributed by atoms with Crippen LogP contribution in [0.2, 0.25) is 0 Å². The standard InChI is InChI=1S/C6H15NO3.3ClH/c8-4-1-7(2-5-9)3-6-10;;;/h8-10H,1-6H2;3*1H. The maximum atomic E-state index is 8.48. The van der Waals surface area contributed by atoms with Crippen LogP contribution in [0.15, 0.2) is 0 Å². The predicted molar refractivity (Wildman–Crippen MR) is 59.4 cm³/mol. The van der Waals surface area contributed by atoms with Gasteiger partial charge in [-0.2, -0.15) is 0 Å². The highest BCUT2D eigenvalue weighted by Gasteiger charge is 2.00. The number of hydrogen-bond donors (Lipinski definition) is 3. The largest absolute Gasteiger partial charge is 0.395 e. The summed E-state index contributed by atoms with van der Waals surface area (Å²) in [6, 6.07) is 0. The molecule has 4 nitrogen and oxygen atoms in total. The van der Waals surface area contributed by atoms with Gasteiger partial charge in [0.25, 0.3) is 0 Å². The van der Waals surface area contributed by atoms with Crippen molar-refractivity contribution in [3.63, 3.8) is 0 Å². The van der Waals surface area contributed by atoms with Gasteiger partial charge >= 0.3 is 0 Å². The molecule has 0 aliphatic rings. The number of nitrogens with zero attached hydrogens (tertiary/aromatic N) is 1. The van der Waals surface area contributed by atoms with E-state index in [0.29, 0.717) is 19.6 Å². The summed E-state index contributed by atoms with van der Waals surface area (Å²) >= 11 is 0. The van der Waals surface area contributed by atoms with E-state index in [9.17, 15) is 0 Å². The van der Waals surface area contributed by atoms with Gasteiger partial charge in [0.1, 0.15) is 0 Å². The summed E-state index contributed by atoms with van der Waals surface area (Å²) in [5, 5.41) is 25.5. The van der Waals surface area contributed by atoms with Crippen LogP contribution in [0.25, 0.3) is 0 Å². The fraction of sp³-hybridized carbons (Fsp3) is 1.00. The Hall–Kier alpha value is 0.710. The van der Waals surface area contributed by atoms with Crippen molar-refractivity contribution in [3.8, 4) is 0 Å². The van der Waals surface area contributed by atoms with Crippen LogP contribution >= 0.6 is 37.2 Å². The molecule has 0 rings (SSSR count). The molecule has 0 bridgehead atoms. The van der Waals surface area contributed by atoms with Gasteiger partial charge in [0.15, 0.2) is 0 Å². The van der Waals surface area contributed by atoms with Crippen LogP contribution in [0.1, 0.15) is 0 Å². The number of aliphatic hydroxyl groups is 3. The minimum atomic E-state index is 0. The first-order valence-electron chi connectivity index (χ1n) is 3.40. The molecule has 0 radical (unpaired) electrons. The van der Waals surface area contributed by atoms with Gasteiger partial charge in [-0.25, -0.2) is 0 Å². The van der Waals surface area contributed by atoms with Gasteiger partial charge in [-0.1, -0.05) is 0 Å². The minimum Gasteiger partial charge on any atom is -0.395 e. The van der Waals surface area contributed by atoms with Crippen molar-refractivity contribution in [2.75, 3.05) is 39.5 Å². The molecule has 0 saturated heterocycles. The Bertz CT molecular complexity index is 65.9. The van der Waals surface area contributed by atoms with Gasteiger partial charge in [0, 0.05) is 19.6 Å². The van der Waals surface area contributed by atoms with Crippen molar-refractivity contribution in [1.29, 1.82) is 0 Å². The summed E-state index contributed by atoms with van der Waals surface area (Å²) in [4.78, 5) is 1.79. The second-order valence-corrected chi connectivity index (χ2v) is 2.01. The van der Waals surface area contributed by atoms with Crippen molar-refractivity contribution < 1.29 is 15.3 Å². The van der Waals surface area contributed by atoms with Crippen LogP contribution in [0.5, 0.6) is 0 Å². The second kappa shape index (κ2) is 18.5. The Kier molecular flexibility index (Phi) is 33.4. The van der Waals surface area contributed by atoms with Gasteiger partial charge in [-0.3, -0.25) is 4.90 Å². The molecule has 0 aromatic carbocycles. The van der Waals surface area contributed by atoms with E-state index in [2.05, 4.69) is 0 Å². The molecule has 13 heavy (non-hydrogen) atoms. The fourth-order valence-corrected chi connectivity index (χ4v) is 0.760. The summed E-state index contributed by atoms with van der Waals surface area (Å²) in [6.45, 7) is 1.75. The normalized spacial score (nSPS) is 8.31. The third-order valence-electron chi connectivity index (χ3n) is 1.25. The van der Waals surface area contributed by atoms with Crippen LogP contribution in [0.4, 0.5) is 0 Å². The van der Waals surface area contributed by atoms with E-state index >= 15 is 0 Å². The average Bonchev–Trinajstić information content (AvgIpc) is 1.90. The molecule has 0 atom stereocenters. The Labute approximate surface area is 97.2 Å². The molecular weight excluding hydrogens is 240 g/mol. The lowest BCUT2D eigenvalue weighted by Gasteiger charge is -2.17. The molecule has 0 aliphatic heterocycles. The first-order valence-corrected chi connectivity index (χ1v) is 3.40. The molecule has 0 unspecified atom stereocenters. The average molecular weight is 259 g/mol. The van der Waals surface area contributed by atoms with E-state index in [1.165, 1.54) is 0 Å². The monoisotopic (exact) mass is 257 g/mol. The van der Waals surface area contributed by atoms with Gasteiger partial charge in [-0.15, -0.1) is 37.2 Å². The highest BCUT2D eigenvalue weighted by atomic mass is 35.5. The van der Waals surface area contributed by atoms with Crippen LogP contribution < -0.4 is 0 Å². The molecule has 0 heterocycles. The first kappa shape index (κ1) is 23.5. The van der Waals surface area contributed by atoms with Gasteiger partial charge in [0.2, 0.25) is 0 Å². The van der Waals surface area contributed by atoms with Gasteiger partial charge in [-0.05, 0) is 0 Å². The fourth-order valence-electron chi connectivity index (χ4n) is 0.760. The van der Waals surface area contributed by atoms with Crippen molar-refractivity contribution in [2.24, 2.45) is 0 Å². The Morgan fingerprint density at radius 3 is 1.00 bits per heavy atom. The molecular formula is C6H18Cl3NO3. The highest BCUT2D eigenvalue weighted by Crippen LogP contribution is 1.84. The number of hydrogen-bond acceptors (Lipinski definition) is 4. The zero-order valence-electron chi connectivity index (χ0n) is 7.26. The lowest BCUT2D eigenvalue weighted by Crippen LogP contribution is -2.32. The van der Waals surface area contributed by atoms with E-state index in [0.717, 1.165) is 0 Å². The number of halogens is 3. The summed E-state index contributed by atoms with van der Waals surface area (Å²) in [5.74, 6) is 0. The lowest BCUT2D eigenvalue weighted by molar-refractivity contribution is 0.136. The van der Waals surface area contributed by atoms with Crippen LogP contribution in [0.3, 0.4) is 0 Å². The van der Waals surface area contributed by atoms with E-state index in [1.54, 1.807) is 4.90 Å². The van der Waals surface area contributed by atoms with E-state index < -0.39 is 0 Å². The van der Waals surface area contributed by atoms with Crippen LogP contribution in [-0.2, 0) is 0 Å². The molecule has 0 aliphatic carbocycles. The van der Waals surface area contributed by atoms with E-state index in [-0.39, 0.29) is 57.0 Å². The van der Waals surface area contributed by atoms with Crippen molar-refractivity contribution in [3.05, 3.63) is 0 Å². The number of aliphatic hydroxyl groups excluding tert-OH is 3. The van der Waals surface area contributed by atoms with Gasteiger partial charge < -0.3 is 15.3 Å². The summed E-state index contributed by atoms with van der Waals surface area (Å²) in [7, 11) is 0. The van der Waals surface area contributed by atoms with Crippen molar-refractivity contribution >= 4 is 37.2 Å². The SMILES string of the molecule is Cl.Cl.Cl.OCCN(CCO)CCO. The minimum absolute atomic E-state index is 0. The summed E-state index contributed by atoms with van der Waals surface area (Å²) in [5.41, 5.74) is 0. The molecule has 7 heteroatoms. The summed E-state index contributed by atoms with van der Waals surface area (Å²) in [6.07, 6.45) is 0. The second-order valence-electron chi connectivity index (χ2n) is 2.01. The molecule has 0 aromatic heterocycles. The van der Waals surface area contributed by atoms with E-state index in [4.69, 9.17) is 15.3 Å². The third-order valence-corrected chi connectivity index (χ3v) is 1.25. The molecule has 0 saturated carbocycles. The molecule has 0 amide bonds. The molecule has 0 aromatic rings. The van der Waals surface area contributed by atoms with Crippen molar-refractivity contribution in [1.82, 2.24) is 4.90 Å². The Balaban J connectivity index is -0.000000135. The maximum absolute atomic E-state index is 8.48. The number of rotatable bonds is 6. The molecule has 3 N–H and O–H groups in total. The highest BCUT2D eigenvalue weighted by molar-refractivity contribution is 5.86. The molecule has 0 spiro atoms. The maximum Gasteiger partial charge on any atom is 0.0558 e. The van der Waals surface area contributed by atoms with Crippen molar-refractivity contribution in [2.45, 2.75) is 0 Å². The van der Waals surface area contributed by atoms with Gasteiger partial charge in [0.05, 0.1) is 19.8 Å². The third kappa shape index (κ3) is 15.5. The quantitative estimate of drug-likeness (QED) is 0.603. The Morgan fingerprint density at radius 2 is 0.846 bits per heavy atom. The predicted octanol–water partition coefficient (Wildman–Crippen LogP) is -0.469. The first-order chi connectivity index (χ1) is 4.85. The van der Waals surface area contributed by atoms with E-state index in [1.807, 2.05) is 0 Å².